The van der Waals surface area contributed by atoms with Crippen LogP contribution >= 0.6 is 31.9 Å². The molecule has 4 aliphatic rings. The average molecular weight is 480 g/mol. The van der Waals surface area contributed by atoms with E-state index in [0.717, 1.165) is 24.0 Å². The monoisotopic (exact) mass is 478 g/mol. The topological polar surface area (TPSA) is 34.1 Å². The van der Waals surface area contributed by atoms with Crippen molar-refractivity contribution in [3.05, 3.63) is 46.6 Å². The third-order valence-electron chi connectivity index (χ3n) is 6.73. The number of alkyl halides is 2. The smallest absolute Gasteiger partial charge is 0.169 e. The zero-order valence-corrected chi connectivity index (χ0v) is 18.0. The Morgan fingerprint density at radius 1 is 0.692 bits per heavy atom. The number of Topliss-reactive ketones (excluding diaryl/α,β-unsaturated/α-hetero) is 2. The van der Waals surface area contributed by atoms with Gasteiger partial charge in [0.25, 0.3) is 0 Å². The van der Waals surface area contributed by atoms with Gasteiger partial charge in [-0.2, -0.15) is 0 Å². The van der Waals surface area contributed by atoms with E-state index in [2.05, 4.69) is 56.2 Å². The molecule has 0 aromatic carbocycles. The predicted molar refractivity (Wildman–Crippen MR) is 112 cm³/mol. The van der Waals surface area contributed by atoms with Crippen LogP contribution < -0.4 is 0 Å². The van der Waals surface area contributed by atoms with Crippen molar-refractivity contribution in [3.63, 3.8) is 0 Å². The van der Waals surface area contributed by atoms with Crippen LogP contribution in [0.25, 0.3) is 0 Å². The van der Waals surface area contributed by atoms with Gasteiger partial charge in [0, 0.05) is 0 Å². The van der Waals surface area contributed by atoms with Crippen molar-refractivity contribution in [2.75, 3.05) is 10.7 Å². The fourth-order valence-corrected chi connectivity index (χ4v) is 6.28. The van der Waals surface area contributed by atoms with Gasteiger partial charge in [-0.05, 0) is 71.6 Å². The van der Waals surface area contributed by atoms with Crippen molar-refractivity contribution in [2.24, 2.45) is 23.7 Å². The Morgan fingerprint density at radius 2 is 1.08 bits per heavy atom. The lowest BCUT2D eigenvalue weighted by atomic mass is 9.69. The molecule has 0 spiro atoms. The minimum atomic E-state index is 0.235. The Kier molecular flexibility index (Phi) is 5.52. The SMILES string of the molecule is O=C(CBr)C1=CC=C(C2=CC=C(C(=O)CBr)C3CCCC23)C2CCCC12. The first-order valence-electron chi connectivity index (χ1n) is 9.68. The zero-order valence-electron chi connectivity index (χ0n) is 14.8. The molecule has 26 heavy (non-hydrogen) atoms. The van der Waals surface area contributed by atoms with Crippen molar-refractivity contribution in [1.29, 1.82) is 0 Å². The third kappa shape index (κ3) is 3.07. The number of fused-ring (bicyclic) bond motifs is 2. The van der Waals surface area contributed by atoms with E-state index in [1.54, 1.807) is 0 Å². The molecule has 0 bridgehead atoms. The maximum atomic E-state index is 12.3. The van der Waals surface area contributed by atoms with Gasteiger partial charge in [-0.3, -0.25) is 9.59 Å². The summed E-state index contributed by atoms with van der Waals surface area (Å²) in [5, 5.41) is 0.832. The molecular weight excluding hydrogens is 456 g/mol. The number of ketones is 2. The summed E-state index contributed by atoms with van der Waals surface area (Å²) in [7, 11) is 0. The van der Waals surface area contributed by atoms with Crippen molar-refractivity contribution in [1.82, 2.24) is 0 Å². The Bertz CT molecular complexity index is 692. The Morgan fingerprint density at radius 3 is 1.46 bits per heavy atom. The van der Waals surface area contributed by atoms with Gasteiger partial charge in [-0.25, -0.2) is 0 Å². The average Bonchev–Trinajstić information content (AvgIpc) is 3.34. The fourth-order valence-electron chi connectivity index (χ4n) is 5.64. The second kappa shape index (κ2) is 7.71. The van der Waals surface area contributed by atoms with Gasteiger partial charge in [-0.1, -0.05) is 69.0 Å². The molecule has 0 aromatic heterocycles. The van der Waals surface area contributed by atoms with E-state index in [0.29, 0.717) is 34.3 Å². The fraction of sp³-hybridized carbons (Fsp3) is 0.545. The Labute approximate surface area is 172 Å². The molecular formula is C22H24Br2O2. The summed E-state index contributed by atoms with van der Waals surface area (Å²) >= 11 is 6.67. The molecule has 0 saturated heterocycles. The summed E-state index contributed by atoms with van der Waals surface area (Å²) in [6.07, 6.45) is 15.6. The highest BCUT2D eigenvalue weighted by Crippen LogP contribution is 2.52. The molecule has 0 aromatic rings. The molecule has 4 heteroatoms. The van der Waals surface area contributed by atoms with Gasteiger partial charge in [0.05, 0.1) is 10.7 Å². The van der Waals surface area contributed by atoms with E-state index in [4.69, 9.17) is 0 Å². The molecule has 4 rings (SSSR count). The molecule has 0 heterocycles. The van der Waals surface area contributed by atoms with Crippen LogP contribution in [0.4, 0.5) is 0 Å². The van der Waals surface area contributed by atoms with Gasteiger partial charge >= 0.3 is 0 Å². The third-order valence-corrected chi connectivity index (χ3v) is 7.75. The summed E-state index contributed by atoms with van der Waals surface area (Å²) in [6, 6.07) is 0. The first kappa shape index (κ1) is 18.6. The number of rotatable bonds is 5. The highest BCUT2D eigenvalue weighted by Gasteiger charge is 2.42. The second-order valence-corrected chi connectivity index (χ2v) is 9.01. The lowest BCUT2D eigenvalue weighted by Crippen LogP contribution is -2.28. The minimum absolute atomic E-state index is 0.235. The van der Waals surface area contributed by atoms with Crippen LogP contribution in [-0.4, -0.2) is 22.2 Å². The first-order valence-corrected chi connectivity index (χ1v) is 11.9. The molecule has 0 aliphatic heterocycles. The maximum absolute atomic E-state index is 12.3. The molecule has 4 atom stereocenters. The second-order valence-electron chi connectivity index (χ2n) is 7.89. The normalized spacial score (nSPS) is 32.8. The van der Waals surface area contributed by atoms with E-state index in [1.807, 2.05) is 0 Å². The Hall–Kier alpha value is -0.740. The van der Waals surface area contributed by atoms with Gasteiger partial charge in [0.2, 0.25) is 0 Å². The van der Waals surface area contributed by atoms with E-state index in [9.17, 15) is 9.59 Å². The predicted octanol–water partition coefficient (Wildman–Crippen LogP) is 5.48. The zero-order chi connectivity index (χ0) is 18.3. The van der Waals surface area contributed by atoms with E-state index >= 15 is 0 Å². The minimum Gasteiger partial charge on any atom is -0.294 e. The standard InChI is InChI=1S/C22H24Br2O2/c23-11-21(25)19-9-7-17(13-3-1-5-15(13)19)18-8-10-20(22(26)12-24)16-6-2-4-14(16)18/h7-10,13-16H,1-6,11-12H2. The number of hydrogen-bond acceptors (Lipinski definition) is 2. The van der Waals surface area contributed by atoms with E-state index < -0.39 is 0 Å². The van der Waals surface area contributed by atoms with Gasteiger partial charge in [0.15, 0.2) is 11.6 Å². The molecule has 2 fully saturated rings. The van der Waals surface area contributed by atoms with Crippen molar-refractivity contribution in [2.45, 2.75) is 38.5 Å². The number of carbonyl (C=O) groups is 2. The first-order chi connectivity index (χ1) is 12.7. The highest BCUT2D eigenvalue weighted by molar-refractivity contribution is 9.09. The number of carbonyl (C=O) groups excluding carboxylic acids is 2. The van der Waals surface area contributed by atoms with Gasteiger partial charge < -0.3 is 0 Å². The molecule has 2 saturated carbocycles. The molecule has 138 valence electrons. The number of allylic oxidation sites excluding steroid dienone is 8. The summed E-state index contributed by atoms with van der Waals surface area (Å²) in [5.74, 6) is 2.20. The van der Waals surface area contributed by atoms with Crippen LogP contribution in [0.1, 0.15) is 38.5 Å². The van der Waals surface area contributed by atoms with Crippen LogP contribution in [0, 0.1) is 23.7 Å². The summed E-state index contributed by atoms with van der Waals surface area (Å²) in [5.41, 5.74) is 4.91. The van der Waals surface area contributed by atoms with Gasteiger partial charge in [-0.15, -0.1) is 0 Å². The summed E-state index contributed by atoms with van der Waals surface area (Å²) < 4.78 is 0. The molecule has 4 unspecified atom stereocenters. The molecule has 0 N–H and O–H groups in total. The summed E-state index contributed by atoms with van der Waals surface area (Å²) in [6.45, 7) is 0. The van der Waals surface area contributed by atoms with Crippen LogP contribution in [0.15, 0.2) is 46.6 Å². The number of halogens is 2. The van der Waals surface area contributed by atoms with Crippen molar-refractivity contribution in [3.8, 4) is 0 Å². The maximum Gasteiger partial charge on any atom is 0.169 e. The van der Waals surface area contributed by atoms with Crippen LogP contribution in [0.2, 0.25) is 0 Å². The molecule has 4 aliphatic carbocycles. The lowest BCUT2D eigenvalue weighted by molar-refractivity contribution is -0.114. The lowest BCUT2D eigenvalue weighted by Gasteiger charge is -2.35. The number of hydrogen-bond donors (Lipinski definition) is 0. The highest BCUT2D eigenvalue weighted by atomic mass is 79.9. The van der Waals surface area contributed by atoms with E-state index in [-0.39, 0.29) is 11.6 Å². The van der Waals surface area contributed by atoms with Crippen LogP contribution in [0.3, 0.4) is 0 Å². The largest absolute Gasteiger partial charge is 0.294 e. The summed E-state index contributed by atoms with van der Waals surface area (Å²) in [4.78, 5) is 24.6. The Balaban J connectivity index is 1.72. The quantitative estimate of drug-likeness (QED) is 0.489. The van der Waals surface area contributed by atoms with Crippen LogP contribution in [-0.2, 0) is 9.59 Å². The van der Waals surface area contributed by atoms with Crippen LogP contribution in [0.5, 0.6) is 0 Å². The molecule has 2 nitrogen and oxygen atoms in total. The molecule has 0 radical (unpaired) electrons. The molecule has 0 amide bonds. The van der Waals surface area contributed by atoms with Crippen molar-refractivity contribution < 1.29 is 9.59 Å². The van der Waals surface area contributed by atoms with Gasteiger partial charge in [0.1, 0.15) is 0 Å². The van der Waals surface area contributed by atoms with Crippen molar-refractivity contribution >= 4 is 43.4 Å². The van der Waals surface area contributed by atoms with E-state index in [1.165, 1.54) is 36.8 Å².